The molecule has 0 bridgehead atoms. The number of halogens is 1. The van der Waals surface area contributed by atoms with Gasteiger partial charge in [-0.25, -0.2) is 9.18 Å². The third-order valence-corrected chi connectivity index (χ3v) is 2.58. The van der Waals surface area contributed by atoms with Crippen molar-refractivity contribution in [2.45, 2.75) is 6.61 Å². The summed E-state index contributed by atoms with van der Waals surface area (Å²) in [5, 5.41) is 9.03. The number of anilines is 1. The molecule has 4 nitrogen and oxygen atoms in total. The summed E-state index contributed by atoms with van der Waals surface area (Å²) in [6.07, 6.45) is 0. The highest BCUT2D eigenvalue weighted by Gasteiger charge is 2.12. The van der Waals surface area contributed by atoms with Crippen LogP contribution >= 0.6 is 0 Å². The van der Waals surface area contributed by atoms with Crippen molar-refractivity contribution in [2.75, 3.05) is 5.73 Å². The van der Waals surface area contributed by atoms with Gasteiger partial charge in [-0.15, -0.1) is 0 Å². The van der Waals surface area contributed by atoms with E-state index in [0.29, 0.717) is 11.3 Å². The standard InChI is InChI=1S/C14H12FNO3/c15-12-4-2-1-3-9(12)8-19-13-6-5-10(16)7-11(13)14(17)18/h1-7H,8,16H2,(H,17,18). The van der Waals surface area contributed by atoms with Crippen LogP contribution in [0.4, 0.5) is 10.1 Å². The smallest absolute Gasteiger partial charge is 0.339 e. The Morgan fingerprint density at radius 2 is 2.00 bits per heavy atom. The van der Waals surface area contributed by atoms with Crippen LogP contribution in [0, 0.1) is 5.82 Å². The lowest BCUT2D eigenvalue weighted by Crippen LogP contribution is -2.05. The van der Waals surface area contributed by atoms with Crippen LogP contribution in [0.5, 0.6) is 5.75 Å². The van der Waals surface area contributed by atoms with Gasteiger partial charge in [-0.2, -0.15) is 0 Å². The first-order chi connectivity index (χ1) is 9.08. The Labute approximate surface area is 109 Å². The van der Waals surface area contributed by atoms with Gasteiger partial charge in [0.25, 0.3) is 0 Å². The molecule has 0 fully saturated rings. The van der Waals surface area contributed by atoms with Gasteiger partial charge in [-0.1, -0.05) is 18.2 Å². The minimum absolute atomic E-state index is 0.0448. The van der Waals surface area contributed by atoms with E-state index >= 15 is 0 Å². The van der Waals surface area contributed by atoms with Gasteiger partial charge in [-0.3, -0.25) is 0 Å². The molecule has 0 unspecified atom stereocenters. The van der Waals surface area contributed by atoms with E-state index in [2.05, 4.69) is 0 Å². The van der Waals surface area contributed by atoms with Crippen LogP contribution in [0.25, 0.3) is 0 Å². The largest absolute Gasteiger partial charge is 0.488 e. The Bertz CT molecular complexity index is 613. The molecule has 0 aliphatic rings. The molecule has 0 spiro atoms. The van der Waals surface area contributed by atoms with Crippen molar-refractivity contribution in [3.63, 3.8) is 0 Å². The molecule has 0 aliphatic carbocycles. The molecule has 0 saturated carbocycles. The predicted molar refractivity (Wildman–Crippen MR) is 68.5 cm³/mol. The van der Waals surface area contributed by atoms with Gasteiger partial charge < -0.3 is 15.6 Å². The van der Waals surface area contributed by atoms with Crippen LogP contribution in [0.2, 0.25) is 0 Å². The average Bonchev–Trinajstić information content (AvgIpc) is 2.38. The van der Waals surface area contributed by atoms with Crippen molar-refractivity contribution in [1.82, 2.24) is 0 Å². The highest BCUT2D eigenvalue weighted by Crippen LogP contribution is 2.23. The molecule has 0 radical (unpaired) electrons. The van der Waals surface area contributed by atoms with Gasteiger partial charge >= 0.3 is 5.97 Å². The number of benzene rings is 2. The van der Waals surface area contributed by atoms with Gasteiger partial charge in [0, 0.05) is 11.3 Å². The van der Waals surface area contributed by atoms with Gasteiger partial charge in [0.15, 0.2) is 0 Å². The topological polar surface area (TPSA) is 72.5 Å². The number of hydrogen-bond donors (Lipinski definition) is 2. The maximum absolute atomic E-state index is 13.4. The third kappa shape index (κ3) is 3.01. The highest BCUT2D eigenvalue weighted by molar-refractivity contribution is 5.92. The third-order valence-electron chi connectivity index (χ3n) is 2.58. The average molecular weight is 261 g/mol. The lowest BCUT2D eigenvalue weighted by molar-refractivity contribution is 0.0692. The van der Waals surface area contributed by atoms with Crippen LogP contribution in [0.3, 0.4) is 0 Å². The van der Waals surface area contributed by atoms with Crippen molar-refractivity contribution in [2.24, 2.45) is 0 Å². The van der Waals surface area contributed by atoms with Gasteiger partial charge in [0.2, 0.25) is 0 Å². The lowest BCUT2D eigenvalue weighted by Gasteiger charge is -2.10. The second kappa shape index (κ2) is 5.39. The maximum Gasteiger partial charge on any atom is 0.339 e. The van der Waals surface area contributed by atoms with E-state index in [9.17, 15) is 9.18 Å². The van der Waals surface area contributed by atoms with E-state index in [1.54, 1.807) is 18.2 Å². The Morgan fingerprint density at radius 1 is 1.26 bits per heavy atom. The molecule has 2 rings (SSSR count). The summed E-state index contributed by atoms with van der Waals surface area (Å²) in [4.78, 5) is 11.0. The number of hydrogen-bond acceptors (Lipinski definition) is 3. The molecule has 5 heteroatoms. The fraction of sp³-hybridized carbons (Fsp3) is 0.0714. The number of carboxylic acid groups (broad SMARTS) is 1. The number of carboxylic acids is 1. The van der Waals surface area contributed by atoms with E-state index in [1.807, 2.05) is 0 Å². The van der Waals surface area contributed by atoms with Crippen LogP contribution in [0.1, 0.15) is 15.9 Å². The minimum atomic E-state index is -1.14. The van der Waals surface area contributed by atoms with Crippen molar-refractivity contribution >= 4 is 11.7 Å². The Morgan fingerprint density at radius 3 is 2.68 bits per heavy atom. The van der Waals surface area contributed by atoms with Gasteiger partial charge in [0.05, 0.1) is 0 Å². The van der Waals surface area contributed by atoms with Crippen molar-refractivity contribution in [3.05, 3.63) is 59.4 Å². The zero-order valence-corrected chi connectivity index (χ0v) is 9.97. The molecule has 0 aromatic heterocycles. The zero-order chi connectivity index (χ0) is 13.8. The summed E-state index contributed by atoms with van der Waals surface area (Å²) < 4.78 is 18.7. The molecule has 0 saturated heterocycles. The fourth-order valence-corrected chi connectivity index (χ4v) is 1.61. The summed E-state index contributed by atoms with van der Waals surface area (Å²) in [6.45, 7) is -0.0448. The summed E-state index contributed by atoms with van der Waals surface area (Å²) in [5.74, 6) is -1.38. The van der Waals surface area contributed by atoms with Crippen LogP contribution in [-0.4, -0.2) is 11.1 Å². The first-order valence-electron chi connectivity index (χ1n) is 5.57. The van der Waals surface area contributed by atoms with E-state index in [0.717, 1.165) is 0 Å². The minimum Gasteiger partial charge on any atom is -0.488 e. The molecule has 0 heterocycles. The number of rotatable bonds is 4. The van der Waals surface area contributed by atoms with E-state index < -0.39 is 11.8 Å². The molecule has 98 valence electrons. The number of nitrogens with two attached hydrogens (primary N) is 1. The van der Waals surface area contributed by atoms with Gasteiger partial charge in [-0.05, 0) is 24.3 Å². The Balaban J connectivity index is 2.20. The van der Waals surface area contributed by atoms with Crippen molar-refractivity contribution in [1.29, 1.82) is 0 Å². The lowest BCUT2D eigenvalue weighted by atomic mass is 10.1. The molecular weight excluding hydrogens is 249 g/mol. The summed E-state index contributed by atoms with van der Waals surface area (Å²) in [5.41, 5.74) is 6.16. The molecule has 2 aromatic rings. The van der Waals surface area contributed by atoms with E-state index in [1.165, 1.54) is 24.3 Å². The molecular formula is C14H12FNO3. The summed E-state index contributed by atoms with van der Waals surface area (Å²) in [6, 6.07) is 10.4. The number of ether oxygens (including phenoxy) is 1. The zero-order valence-electron chi connectivity index (χ0n) is 9.97. The quantitative estimate of drug-likeness (QED) is 0.830. The first-order valence-corrected chi connectivity index (χ1v) is 5.57. The molecule has 19 heavy (non-hydrogen) atoms. The SMILES string of the molecule is Nc1ccc(OCc2ccccc2F)c(C(=O)O)c1. The van der Waals surface area contributed by atoms with Crippen LogP contribution in [-0.2, 0) is 6.61 Å². The van der Waals surface area contributed by atoms with E-state index in [-0.39, 0.29) is 17.9 Å². The number of aromatic carboxylic acids is 1. The number of nitrogen functional groups attached to an aromatic ring is 1. The second-order valence-electron chi connectivity index (χ2n) is 3.94. The van der Waals surface area contributed by atoms with Gasteiger partial charge in [0.1, 0.15) is 23.7 Å². The molecule has 0 aliphatic heterocycles. The molecule has 0 amide bonds. The summed E-state index contributed by atoms with van der Waals surface area (Å²) in [7, 11) is 0. The highest BCUT2D eigenvalue weighted by atomic mass is 19.1. The molecule has 3 N–H and O–H groups in total. The predicted octanol–water partition coefficient (Wildman–Crippen LogP) is 2.69. The summed E-state index contributed by atoms with van der Waals surface area (Å²) >= 11 is 0. The monoisotopic (exact) mass is 261 g/mol. The first kappa shape index (κ1) is 12.9. The van der Waals surface area contributed by atoms with Crippen molar-refractivity contribution in [3.8, 4) is 5.75 Å². The fourth-order valence-electron chi connectivity index (χ4n) is 1.61. The molecule has 0 atom stereocenters. The number of carbonyl (C=O) groups is 1. The Kier molecular flexibility index (Phi) is 3.66. The van der Waals surface area contributed by atoms with Crippen LogP contribution < -0.4 is 10.5 Å². The normalized spacial score (nSPS) is 10.2. The molecule has 2 aromatic carbocycles. The maximum atomic E-state index is 13.4. The van der Waals surface area contributed by atoms with Crippen molar-refractivity contribution < 1.29 is 19.0 Å². The second-order valence-corrected chi connectivity index (χ2v) is 3.94. The van der Waals surface area contributed by atoms with Crippen LogP contribution in [0.15, 0.2) is 42.5 Å². The van der Waals surface area contributed by atoms with E-state index in [4.69, 9.17) is 15.6 Å². The Hall–Kier alpha value is -2.56.